The summed E-state index contributed by atoms with van der Waals surface area (Å²) in [5.74, 6) is 0.485. The highest BCUT2D eigenvalue weighted by Crippen LogP contribution is 2.34. The largest absolute Gasteiger partial charge is 0.497 e. The lowest BCUT2D eigenvalue weighted by atomic mass is 9.77. The Morgan fingerprint density at radius 1 is 1.32 bits per heavy atom. The Morgan fingerprint density at radius 3 is 2.68 bits per heavy atom. The molecule has 0 unspecified atom stereocenters. The lowest BCUT2D eigenvalue weighted by Crippen LogP contribution is -2.56. The average molecular weight is 345 g/mol. The molecular weight excluding hydrogens is 322 g/mol. The van der Waals surface area contributed by atoms with Crippen LogP contribution in [0.4, 0.5) is 0 Å². The number of methoxy groups -OCH3 is 1. The molecular formula is C19H23NO5. The molecule has 1 aromatic carbocycles. The molecule has 0 radical (unpaired) electrons. The summed E-state index contributed by atoms with van der Waals surface area (Å²) in [6, 6.07) is 5.37. The third kappa shape index (κ3) is 3.48. The number of carboxylic acids is 1. The van der Waals surface area contributed by atoms with Gasteiger partial charge in [0, 0.05) is 5.56 Å². The molecule has 25 heavy (non-hydrogen) atoms. The van der Waals surface area contributed by atoms with Gasteiger partial charge in [-0.1, -0.05) is 6.92 Å². The van der Waals surface area contributed by atoms with Gasteiger partial charge in [0.2, 0.25) is 0 Å². The van der Waals surface area contributed by atoms with Gasteiger partial charge in [0.05, 0.1) is 12.7 Å². The molecule has 6 heteroatoms. The molecule has 134 valence electrons. The number of nitrogens with one attached hydrogen (secondary N) is 1. The van der Waals surface area contributed by atoms with Crippen LogP contribution in [-0.4, -0.2) is 36.2 Å². The van der Waals surface area contributed by atoms with Crippen molar-refractivity contribution < 1.29 is 24.2 Å². The van der Waals surface area contributed by atoms with Gasteiger partial charge in [-0.2, -0.15) is 0 Å². The second-order valence-corrected chi connectivity index (χ2v) is 6.89. The minimum atomic E-state index is -1.18. The van der Waals surface area contributed by atoms with Gasteiger partial charge >= 0.3 is 5.97 Å². The Morgan fingerprint density at radius 2 is 2.04 bits per heavy atom. The van der Waals surface area contributed by atoms with E-state index >= 15 is 0 Å². The summed E-state index contributed by atoms with van der Waals surface area (Å²) in [6.07, 6.45) is 4.23. The summed E-state index contributed by atoms with van der Waals surface area (Å²) in [7, 11) is 1.57. The maximum Gasteiger partial charge on any atom is 0.329 e. The van der Waals surface area contributed by atoms with Crippen molar-refractivity contribution in [2.75, 3.05) is 13.7 Å². The Hall–Kier alpha value is -2.50. The number of rotatable bonds is 4. The molecule has 3 rings (SSSR count). The third-order valence-electron chi connectivity index (χ3n) is 5.11. The number of fused-ring (bicyclic) bond motifs is 1. The van der Waals surface area contributed by atoms with Gasteiger partial charge in [0.15, 0.2) is 0 Å². The van der Waals surface area contributed by atoms with E-state index in [4.69, 9.17) is 9.47 Å². The molecule has 6 nitrogen and oxygen atoms in total. The van der Waals surface area contributed by atoms with Gasteiger partial charge in [0.25, 0.3) is 5.91 Å². The predicted molar refractivity (Wildman–Crippen MR) is 92.6 cm³/mol. The molecule has 0 aromatic heterocycles. The van der Waals surface area contributed by atoms with Crippen molar-refractivity contribution in [1.29, 1.82) is 0 Å². The Kier molecular flexibility index (Phi) is 4.70. The summed E-state index contributed by atoms with van der Waals surface area (Å²) in [4.78, 5) is 24.5. The van der Waals surface area contributed by atoms with Crippen LogP contribution >= 0.6 is 0 Å². The second-order valence-electron chi connectivity index (χ2n) is 6.89. The van der Waals surface area contributed by atoms with Gasteiger partial charge in [-0.25, -0.2) is 4.79 Å². The van der Waals surface area contributed by atoms with Crippen LogP contribution in [0.5, 0.6) is 11.5 Å². The standard InChI is InChI=1S/C19H23NO5/c1-12-5-7-19(8-6-12,18(22)23)20-17(21)14-9-13-10-15(24-2)3-4-16(13)25-11-14/h3-4,9-10,12H,5-8,11H2,1-2H3,(H,20,21)(H,22,23). The lowest BCUT2D eigenvalue weighted by molar-refractivity contribution is -0.149. The SMILES string of the molecule is COc1ccc2c(c1)C=C(C(=O)NC1(C(=O)O)CCC(C)CC1)CO2. The van der Waals surface area contributed by atoms with Crippen molar-refractivity contribution >= 4 is 18.0 Å². The Labute approximate surface area is 146 Å². The molecule has 0 saturated heterocycles. The number of benzene rings is 1. The van der Waals surface area contributed by atoms with Crippen LogP contribution in [0.15, 0.2) is 23.8 Å². The van der Waals surface area contributed by atoms with E-state index in [0.29, 0.717) is 35.8 Å². The summed E-state index contributed by atoms with van der Waals surface area (Å²) in [5, 5.41) is 12.4. The second kappa shape index (κ2) is 6.78. The number of hydrogen-bond acceptors (Lipinski definition) is 4. The Bertz CT molecular complexity index is 717. The molecule has 0 atom stereocenters. The summed E-state index contributed by atoms with van der Waals surface area (Å²) in [5.41, 5.74) is -0.0172. The smallest absolute Gasteiger partial charge is 0.329 e. The maximum atomic E-state index is 12.7. The molecule has 2 aliphatic rings. The predicted octanol–water partition coefficient (Wildman–Crippen LogP) is 2.62. The minimum Gasteiger partial charge on any atom is -0.497 e. The zero-order valence-electron chi connectivity index (χ0n) is 14.5. The topological polar surface area (TPSA) is 84.9 Å². The molecule has 1 fully saturated rings. The van der Waals surface area contributed by atoms with Crippen LogP contribution < -0.4 is 14.8 Å². The molecule has 1 aliphatic heterocycles. The highest BCUT2D eigenvalue weighted by molar-refractivity contribution is 6.01. The molecule has 1 saturated carbocycles. The molecule has 2 N–H and O–H groups in total. The molecule has 1 aromatic rings. The van der Waals surface area contributed by atoms with E-state index < -0.39 is 11.5 Å². The van der Waals surface area contributed by atoms with E-state index in [-0.39, 0.29) is 12.5 Å². The van der Waals surface area contributed by atoms with Gasteiger partial charge in [0.1, 0.15) is 23.6 Å². The normalized spacial score (nSPS) is 25.2. The van der Waals surface area contributed by atoms with Crippen molar-refractivity contribution in [1.82, 2.24) is 5.32 Å². The van der Waals surface area contributed by atoms with Gasteiger partial charge < -0.3 is 19.9 Å². The van der Waals surface area contributed by atoms with E-state index in [1.165, 1.54) is 0 Å². The fraction of sp³-hybridized carbons (Fsp3) is 0.474. The van der Waals surface area contributed by atoms with E-state index in [9.17, 15) is 14.7 Å². The summed E-state index contributed by atoms with van der Waals surface area (Å²) >= 11 is 0. The van der Waals surface area contributed by atoms with Crippen LogP contribution in [0, 0.1) is 5.92 Å². The van der Waals surface area contributed by atoms with E-state index in [1.807, 2.05) is 0 Å². The molecule has 1 aliphatic carbocycles. The highest BCUT2D eigenvalue weighted by Gasteiger charge is 2.43. The first kappa shape index (κ1) is 17.3. The van der Waals surface area contributed by atoms with E-state index in [1.54, 1.807) is 31.4 Å². The van der Waals surface area contributed by atoms with Crippen LogP contribution in [0.25, 0.3) is 6.08 Å². The van der Waals surface area contributed by atoms with Gasteiger partial charge in [-0.15, -0.1) is 0 Å². The number of hydrogen-bond donors (Lipinski definition) is 2. The first-order valence-corrected chi connectivity index (χ1v) is 8.51. The number of carbonyl (C=O) groups is 2. The van der Waals surface area contributed by atoms with E-state index in [2.05, 4.69) is 12.2 Å². The Balaban J connectivity index is 1.80. The van der Waals surface area contributed by atoms with Crippen molar-refractivity contribution in [3.8, 4) is 11.5 Å². The number of amides is 1. The average Bonchev–Trinajstić information content (AvgIpc) is 2.62. The van der Waals surface area contributed by atoms with E-state index in [0.717, 1.165) is 18.4 Å². The number of ether oxygens (including phenoxy) is 2. The van der Waals surface area contributed by atoms with Crippen molar-refractivity contribution in [2.45, 2.75) is 38.1 Å². The maximum absolute atomic E-state index is 12.7. The number of carboxylic acid groups (broad SMARTS) is 1. The fourth-order valence-corrected chi connectivity index (χ4v) is 3.36. The number of carbonyl (C=O) groups excluding carboxylic acids is 1. The molecule has 1 amide bonds. The van der Waals surface area contributed by atoms with Crippen molar-refractivity contribution in [3.05, 3.63) is 29.3 Å². The summed E-state index contributed by atoms with van der Waals surface area (Å²) in [6.45, 7) is 2.23. The highest BCUT2D eigenvalue weighted by atomic mass is 16.5. The quantitative estimate of drug-likeness (QED) is 0.876. The van der Waals surface area contributed by atoms with Crippen molar-refractivity contribution in [3.63, 3.8) is 0 Å². The molecule has 0 bridgehead atoms. The minimum absolute atomic E-state index is 0.122. The zero-order chi connectivity index (χ0) is 18.0. The monoisotopic (exact) mass is 345 g/mol. The van der Waals surface area contributed by atoms with Crippen molar-refractivity contribution in [2.24, 2.45) is 5.92 Å². The summed E-state index contributed by atoms with van der Waals surface area (Å²) < 4.78 is 10.8. The molecule has 0 spiro atoms. The van der Waals surface area contributed by atoms with Gasteiger partial charge in [-0.3, -0.25) is 4.79 Å². The number of aliphatic carboxylic acids is 1. The van der Waals surface area contributed by atoms with Crippen LogP contribution in [0.1, 0.15) is 38.2 Å². The van der Waals surface area contributed by atoms with Gasteiger partial charge in [-0.05, 0) is 55.9 Å². The third-order valence-corrected chi connectivity index (χ3v) is 5.11. The van der Waals surface area contributed by atoms with Crippen LogP contribution in [0.2, 0.25) is 0 Å². The lowest BCUT2D eigenvalue weighted by Gasteiger charge is -2.36. The first-order valence-electron chi connectivity index (χ1n) is 8.51. The molecule has 1 heterocycles. The fourth-order valence-electron chi connectivity index (χ4n) is 3.36. The first-order chi connectivity index (χ1) is 11.9. The van der Waals surface area contributed by atoms with Crippen LogP contribution in [-0.2, 0) is 9.59 Å². The zero-order valence-corrected chi connectivity index (χ0v) is 14.5. The van der Waals surface area contributed by atoms with Crippen LogP contribution in [0.3, 0.4) is 0 Å².